The monoisotopic (exact) mass is 433 g/mol. The fourth-order valence-corrected chi connectivity index (χ4v) is 4.80. The summed E-state index contributed by atoms with van der Waals surface area (Å²) < 4.78 is 0. The predicted molar refractivity (Wildman–Crippen MR) is 119 cm³/mol. The Morgan fingerprint density at radius 2 is 1.19 bits per heavy atom. The highest BCUT2D eigenvalue weighted by atomic mass is 79.9. The van der Waals surface area contributed by atoms with Crippen LogP contribution in [0.5, 0.6) is 0 Å². The van der Waals surface area contributed by atoms with Crippen molar-refractivity contribution in [1.82, 2.24) is 0 Å². The van der Waals surface area contributed by atoms with Crippen LogP contribution in [0.3, 0.4) is 0 Å². The summed E-state index contributed by atoms with van der Waals surface area (Å²) in [7, 11) is 0. The van der Waals surface area contributed by atoms with Gasteiger partial charge in [-0.3, -0.25) is 0 Å². The number of rotatable bonds is 1. The number of fused-ring (bicyclic) bond motifs is 5. The van der Waals surface area contributed by atoms with Crippen LogP contribution in [0, 0.1) is 0 Å². The fourth-order valence-electron chi connectivity index (χ4n) is 4.05. The van der Waals surface area contributed by atoms with E-state index in [1.165, 1.54) is 33.6 Å². The van der Waals surface area contributed by atoms with E-state index in [9.17, 15) is 0 Å². The van der Waals surface area contributed by atoms with E-state index in [-0.39, 0.29) is 10.9 Å². The summed E-state index contributed by atoms with van der Waals surface area (Å²) in [5, 5.41) is 0.771. The average molecular weight is 435 g/mol. The number of benzene rings is 3. The lowest BCUT2D eigenvalue weighted by Crippen LogP contribution is -2.37. The first-order valence-corrected chi connectivity index (χ1v) is 10.3. The van der Waals surface area contributed by atoms with Crippen LogP contribution in [0.15, 0.2) is 96.1 Å². The van der Waals surface area contributed by atoms with Crippen molar-refractivity contribution in [2.45, 2.75) is 10.9 Å². The maximum atomic E-state index is 6.41. The van der Waals surface area contributed by atoms with Crippen molar-refractivity contribution in [2.75, 3.05) is 4.90 Å². The molecule has 1 nitrogen and oxygen atoms in total. The zero-order valence-corrected chi connectivity index (χ0v) is 16.9. The second-order valence-electron chi connectivity index (χ2n) is 6.80. The molecule has 0 bridgehead atoms. The van der Waals surface area contributed by atoms with Gasteiger partial charge < -0.3 is 4.90 Å². The lowest BCUT2D eigenvalue weighted by atomic mass is 9.95. The Kier molecular flexibility index (Phi) is 4.18. The zero-order valence-electron chi connectivity index (χ0n) is 14.5. The molecule has 0 aromatic heterocycles. The minimum absolute atomic E-state index is 0.0825. The van der Waals surface area contributed by atoms with E-state index in [4.69, 9.17) is 11.6 Å². The molecule has 0 amide bonds. The van der Waals surface area contributed by atoms with Crippen molar-refractivity contribution >= 4 is 38.9 Å². The van der Waals surface area contributed by atoms with Crippen molar-refractivity contribution in [2.24, 2.45) is 0 Å². The smallest absolute Gasteiger partial charge is 0.0700 e. The summed E-state index contributed by atoms with van der Waals surface area (Å²) in [6, 6.07) is 26.0. The molecule has 0 radical (unpaired) electrons. The largest absolute Gasteiger partial charge is 0.332 e. The van der Waals surface area contributed by atoms with Gasteiger partial charge in [-0.05, 0) is 35.4 Å². The van der Waals surface area contributed by atoms with E-state index in [1.807, 2.05) is 6.08 Å². The van der Waals surface area contributed by atoms with Crippen LogP contribution in [-0.4, -0.2) is 10.9 Å². The summed E-state index contributed by atoms with van der Waals surface area (Å²) in [6.07, 6.45) is 6.21. The Labute approximate surface area is 172 Å². The number of nitrogens with zero attached hydrogens (tertiary/aromatic N) is 1. The molecule has 0 spiro atoms. The molecule has 3 aromatic rings. The normalized spacial score (nSPS) is 20.2. The molecule has 2 aliphatic rings. The molecule has 2 unspecified atom stereocenters. The topological polar surface area (TPSA) is 3.24 Å². The van der Waals surface area contributed by atoms with Gasteiger partial charge in [-0.25, -0.2) is 0 Å². The third kappa shape index (κ3) is 2.75. The van der Waals surface area contributed by atoms with Crippen LogP contribution in [0.4, 0.5) is 11.4 Å². The number of allylic oxidation sites excluding steroid dienone is 2. The maximum Gasteiger partial charge on any atom is 0.0700 e. The van der Waals surface area contributed by atoms with Gasteiger partial charge in [-0.15, -0.1) is 0 Å². The molecule has 132 valence electrons. The van der Waals surface area contributed by atoms with Crippen molar-refractivity contribution < 1.29 is 0 Å². The van der Waals surface area contributed by atoms with Crippen LogP contribution in [0.1, 0.15) is 0 Å². The third-order valence-corrected chi connectivity index (χ3v) is 6.33. The van der Waals surface area contributed by atoms with E-state index in [1.54, 1.807) is 0 Å². The van der Waals surface area contributed by atoms with Crippen LogP contribution in [0.2, 0.25) is 0 Å². The van der Waals surface area contributed by atoms with Crippen molar-refractivity contribution in [1.29, 1.82) is 0 Å². The van der Waals surface area contributed by atoms with Gasteiger partial charge >= 0.3 is 0 Å². The first kappa shape index (κ1) is 16.9. The number of halogens is 2. The minimum atomic E-state index is 0.0825. The van der Waals surface area contributed by atoms with Gasteiger partial charge in [-0.2, -0.15) is 0 Å². The molecule has 1 heterocycles. The Balaban J connectivity index is 1.85. The number of hydrogen-bond acceptors (Lipinski definition) is 1. The number of alkyl halides is 1. The minimum Gasteiger partial charge on any atom is -0.332 e. The fraction of sp³-hybridized carbons (Fsp3) is 0.0833. The summed E-state index contributed by atoms with van der Waals surface area (Å²) in [6.45, 7) is 0. The Bertz CT molecular complexity index is 1020. The summed E-state index contributed by atoms with van der Waals surface area (Å²) in [4.78, 5) is 2.58. The van der Waals surface area contributed by atoms with E-state index < -0.39 is 0 Å². The molecule has 0 saturated carbocycles. The van der Waals surface area contributed by atoms with Crippen LogP contribution >= 0.6 is 27.5 Å². The second-order valence-corrected chi connectivity index (χ2v) is 8.29. The Morgan fingerprint density at radius 3 is 1.74 bits per heavy atom. The third-order valence-electron chi connectivity index (χ3n) is 5.23. The molecule has 0 N–H and O–H groups in total. The average Bonchev–Trinajstić information content (AvgIpc) is 2.83. The van der Waals surface area contributed by atoms with E-state index >= 15 is 0 Å². The molecule has 27 heavy (non-hydrogen) atoms. The molecule has 1 aliphatic carbocycles. The Hall–Kier alpha value is -2.29. The zero-order chi connectivity index (χ0) is 18.4. The van der Waals surface area contributed by atoms with Crippen molar-refractivity contribution in [3.05, 3.63) is 96.1 Å². The van der Waals surface area contributed by atoms with Gasteiger partial charge in [-0.1, -0.05) is 94.3 Å². The van der Waals surface area contributed by atoms with Gasteiger partial charge in [0.1, 0.15) is 0 Å². The Morgan fingerprint density at radius 1 is 0.704 bits per heavy atom. The highest BCUT2D eigenvalue weighted by Crippen LogP contribution is 2.49. The summed E-state index contributed by atoms with van der Waals surface area (Å²) in [5.74, 6) is 0. The second kappa shape index (κ2) is 6.70. The van der Waals surface area contributed by atoms with Gasteiger partial charge in [0.25, 0.3) is 0 Å². The number of anilines is 2. The van der Waals surface area contributed by atoms with Gasteiger partial charge in [0.15, 0.2) is 0 Å². The van der Waals surface area contributed by atoms with Gasteiger partial charge in [0.2, 0.25) is 0 Å². The van der Waals surface area contributed by atoms with E-state index in [0.29, 0.717) is 0 Å². The first-order chi connectivity index (χ1) is 13.2. The van der Waals surface area contributed by atoms with Gasteiger partial charge in [0.05, 0.1) is 10.9 Å². The molecule has 0 saturated heterocycles. The molecule has 0 fully saturated rings. The van der Waals surface area contributed by atoms with Crippen LogP contribution in [0.25, 0.3) is 22.3 Å². The van der Waals surface area contributed by atoms with Gasteiger partial charge in [0, 0.05) is 27.5 Å². The van der Waals surface area contributed by atoms with Crippen LogP contribution in [-0.2, 0) is 0 Å². The van der Waals surface area contributed by atoms with Crippen LogP contribution < -0.4 is 4.90 Å². The SMILES string of the molecule is ClC1=CC(N2c3ccccc3-c3ccccc3-c3ccccc32)C(Br)C=C1. The lowest BCUT2D eigenvalue weighted by molar-refractivity contribution is 0.807. The van der Waals surface area contributed by atoms with Crippen molar-refractivity contribution in [3.63, 3.8) is 0 Å². The first-order valence-electron chi connectivity index (χ1n) is 9.01. The molecule has 2 atom stereocenters. The predicted octanol–water partition coefficient (Wildman–Crippen LogP) is 7.30. The maximum absolute atomic E-state index is 6.41. The van der Waals surface area contributed by atoms with E-state index in [2.05, 4.69) is 106 Å². The standard InChI is InChI=1S/C24H17BrClN/c25-21-14-13-16(26)15-24(21)27-22-11-5-3-9-19(22)17-7-1-2-8-18(17)20-10-4-6-12-23(20)27/h1-15,21,24H. The highest BCUT2D eigenvalue weighted by Gasteiger charge is 2.32. The lowest BCUT2D eigenvalue weighted by Gasteiger charge is -2.36. The highest BCUT2D eigenvalue weighted by molar-refractivity contribution is 9.09. The molecular weight excluding hydrogens is 418 g/mol. The number of hydrogen-bond donors (Lipinski definition) is 0. The van der Waals surface area contributed by atoms with Crippen molar-refractivity contribution in [3.8, 4) is 22.3 Å². The van der Waals surface area contributed by atoms with E-state index in [0.717, 1.165) is 5.03 Å². The molecule has 1 aliphatic heterocycles. The molecular formula is C24H17BrClN. The summed E-state index contributed by atoms with van der Waals surface area (Å²) in [5.41, 5.74) is 7.39. The quantitative estimate of drug-likeness (QED) is 0.363. The number of para-hydroxylation sites is 2. The molecule has 5 rings (SSSR count). The molecule has 3 heteroatoms. The molecule has 3 aromatic carbocycles. The summed E-state index contributed by atoms with van der Waals surface area (Å²) >= 11 is 10.3.